The second kappa shape index (κ2) is 13.0. The summed E-state index contributed by atoms with van der Waals surface area (Å²) in [7, 11) is 1.59. The minimum Gasteiger partial charge on any atom is -0.508 e. The molecule has 3 aromatic carbocycles. The molecule has 1 amide bonds. The minimum absolute atomic E-state index is 0.0305. The Morgan fingerprint density at radius 3 is 2.46 bits per heavy atom. The summed E-state index contributed by atoms with van der Waals surface area (Å²) in [6, 6.07) is 19.3. The van der Waals surface area contributed by atoms with E-state index in [0.29, 0.717) is 41.9 Å². The van der Waals surface area contributed by atoms with Crippen molar-refractivity contribution in [2.24, 2.45) is 0 Å². The topological polar surface area (TPSA) is 126 Å². The van der Waals surface area contributed by atoms with E-state index in [2.05, 4.69) is 30.9 Å². The van der Waals surface area contributed by atoms with E-state index < -0.39 is 11.7 Å². The third kappa shape index (κ3) is 7.63. The van der Waals surface area contributed by atoms with Crippen LogP contribution >= 0.6 is 0 Å². The third-order valence-corrected chi connectivity index (χ3v) is 6.14. The van der Waals surface area contributed by atoms with Crippen LogP contribution in [0, 0.1) is 6.92 Å². The molecule has 0 bridgehead atoms. The van der Waals surface area contributed by atoms with Gasteiger partial charge < -0.3 is 15.2 Å². The smallest absolute Gasteiger partial charge is 0.416 e. The fourth-order valence-electron chi connectivity index (χ4n) is 4.25. The van der Waals surface area contributed by atoms with Crippen LogP contribution in [0.3, 0.4) is 0 Å². The number of benzene rings is 3. The van der Waals surface area contributed by atoms with E-state index in [-0.39, 0.29) is 11.8 Å². The van der Waals surface area contributed by atoms with E-state index in [1.54, 1.807) is 43.5 Å². The number of tetrazole rings is 1. The van der Waals surface area contributed by atoms with E-state index in [1.807, 2.05) is 25.1 Å². The molecule has 0 fully saturated rings. The first-order valence-corrected chi connectivity index (χ1v) is 12.5. The molecule has 0 saturated heterocycles. The third-order valence-electron chi connectivity index (χ3n) is 6.14. The zero-order valence-electron chi connectivity index (χ0n) is 22.2. The van der Waals surface area contributed by atoms with Crippen LogP contribution in [-0.2, 0) is 22.1 Å². The van der Waals surface area contributed by atoms with Crippen LogP contribution in [0.5, 0.6) is 5.75 Å². The van der Waals surface area contributed by atoms with Crippen molar-refractivity contribution in [1.82, 2.24) is 30.9 Å². The summed E-state index contributed by atoms with van der Waals surface area (Å²) in [6.07, 6.45) is -3.03. The number of aromatic hydroxyl groups is 1. The molecule has 0 aliphatic rings. The number of nitrogens with zero attached hydrogens (tertiary/aromatic N) is 4. The van der Waals surface area contributed by atoms with Gasteiger partial charge >= 0.3 is 6.18 Å². The molecule has 0 saturated carbocycles. The number of H-pyrrole nitrogens is 1. The summed E-state index contributed by atoms with van der Waals surface area (Å²) >= 11 is 0. The van der Waals surface area contributed by atoms with Gasteiger partial charge in [0.2, 0.25) is 12.2 Å². The molecule has 1 unspecified atom stereocenters. The van der Waals surface area contributed by atoms with E-state index in [0.717, 1.165) is 34.3 Å². The monoisotopic (exact) mass is 564 g/mol. The van der Waals surface area contributed by atoms with Crippen molar-refractivity contribution in [3.05, 3.63) is 89.6 Å². The van der Waals surface area contributed by atoms with Crippen molar-refractivity contribution < 1.29 is 27.8 Å². The summed E-state index contributed by atoms with van der Waals surface area (Å²) in [5, 5.41) is 26.5. The van der Waals surface area contributed by atoms with E-state index in [4.69, 9.17) is 9.84 Å². The molecule has 0 aliphatic carbocycles. The Morgan fingerprint density at radius 1 is 1.05 bits per heavy atom. The van der Waals surface area contributed by atoms with Crippen LogP contribution in [0.4, 0.5) is 13.2 Å². The van der Waals surface area contributed by atoms with Crippen molar-refractivity contribution >= 4 is 17.3 Å². The van der Waals surface area contributed by atoms with Crippen LogP contribution in [-0.4, -0.2) is 56.9 Å². The number of amides is 1. The maximum Gasteiger partial charge on any atom is 0.416 e. The highest BCUT2D eigenvalue weighted by Gasteiger charge is 2.30. The van der Waals surface area contributed by atoms with Gasteiger partial charge in [-0.05, 0) is 77.7 Å². The largest absolute Gasteiger partial charge is 0.508 e. The van der Waals surface area contributed by atoms with Gasteiger partial charge in [0.25, 0.3) is 0 Å². The molecular weight excluding hydrogens is 537 g/mol. The molecule has 5 rings (SSSR count). The van der Waals surface area contributed by atoms with E-state index in [1.165, 1.54) is 6.07 Å². The number of carbonyl (C=O) groups excluding carboxylic acids is 1. The first kappa shape index (κ1) is 29.2. The molecule has 2 heterocycles. The number of rotatable bonds is 8. The van der Waals surface area contributed by atoms with Gasteiger partial charge in [-0.3, -0.25) is 9.78 Å². The number of nitrogens with one attached hydrogen (secondary N) is 2. The number of phenols is 1. The summed E-state index contributed by atoms with van der Waals surface area (Å²) < 4.78 is 44.0. The van der Waals surface area contributed by atoms with Gasteiger partial charge in [-0.15, -0.1) is 10.2 Å². The summed E-state index contributed by atoms with van der Waals surface area (Å²) in [6.45, 7) is 2.32. The standard InChI is InChI=1S/C18H12F3N5.C11H15NO3/c1-10-7-15(17-23-25-26-24-17)14-9-12(5-6-16(14)22-10)11-3-2-4-13(8-11)18(19,20)21;1-15-7-10(12-8-13)6-9-2-4-11(14)5-3-9/h2-9H,1H3,(H,23,24,25,26);2-5,8,10,14H,6-7H2,1H3,(H,12,13). The van der Waals surface area contributed by atoms with Crippen LogP contribution in [0.15, 0.2) is 72.8 Å². The van der Waals surface area contributed by atoms with Gasteiger partial charge in [0.15, 0.2) is 0 Å². The van der Waals surface area contributed by atoms with Crippen LogP contribution in [0.25, 0.3) is 33.4 Å². The number of carbonyl (C=O) groups is 1. The van der Waals surface area contributed by atoms with E-state index in [9.17, 15) is 18.0 Å². The average Bonchev–Trinajstić information content (AvgIpc) is 3.49. The van der Waals surface area contributed by atoms with Gasteiger partial charge in [0, 0.05) is 23.8 Å². The first-order valence-electron chi connectivity index (χ1n) is 12.5. The van der Waals surface area contributed by atoms with Crippen LogP contribution < -0.4 is 5.32 Å². The zero-order valence-corrected chi connectivity index (χ0v) is 22.2. The van der Waals surface area contributed by atoms with Crippen molar-refractivity contribution in [2.75, 3.05) is 13.7 Å². The van der Waals surface area contributed by atoms with Crippen molar-refractivity contribution in [1.29, 1.82) is 0 Å². The lowest BCUT2D eigenvalue weighted by molar-refractivity contribution is -0.137. The Bertz CT molecular complexity index is 1590. The molecule has 212 valence electrons. The minimum atomic E-state index is -4.39. The summed E-state index contributed by atoms with van der Waals surface area (Å²) in [4.78, 5) is 14.8. The lowest BCUT2D eigenvalue weighted by Gasteiger charge is -2.14. The highest BCUT2D eigenvalue weighted by atomic mass is 19.4. The number of methoxy groups -OCH3 is 1. The maximum absolute atomic E-state index is 13.0. The Labute approximate surface area is 233 Å². The Hall–Kier alpha value is -4.84. The van der Waals surface area contributed by atoms with Crippen LogP contribution in [0.2, 0.25) is 0 Å². The lowest BCUT2D eigenvalue weighted by atomic mass is 9.98. The van der Waals surface area contributed by atoms with Gasteiger partial charge in [0.05, 0.1) is 23.7 Å². The van der Waals surface area contributed by atoms with E-state index >= 15 is 0 Å². The average molecular weight is 565 g/mol. The molecular formula is C29H27F3N6O3. The molecule has 0 radical (unpaired) electrons. The molecule has 3 N–H and O–H groups in total. The van der Waals surface area contributed by atoms with Crippen molar-refractivity contribution in [3.8, 4) is 28.3 Å². The zero-order chi connectivity index (χ0) is 29.4. The molecule has 2 aromatic heterocycles. The molecule has 0 aliphatic heterocycles. The number of fused-ring (bicyclic) bond motifs is 1. The van der Waals surface area contributed by atoms with Gasteiger partial charge in [-0.1, -0.05) is 30.3 Å². The predicted octanol–water partition coefficient (Wildman–Crippen LogP) is 5.10. The normalized spacial score (nSPS) is 11.9. The van der Waals surface area contributed by atoms with Crippen LogP contribution in [0.1, 0.15) is 16.8 Å². The quantitative estimate of drug-likeness (QED) is 0.224. The number of halogens is 3. The van der Waals surface area contributed by atoms with Gasteiger partial charge in [-0.25, -0.2) is 0 Å². The molecule has 0 spiro atoms. The van der Waals surface area contributed by atoms with Crippen molar-refractivity contribution in [3.63, 3.8) is 0 Å². The highest BCUT2D eigenvalue weighted by Crippen LogP contribution is 2.34. The lowest BCUT2D eigenvalue weighted by Crippen LogP contribution is -2.34. The van der Waals surface area contributed by atoms with Crippen molar-refractivity contribution in [2.45, 2.75) is 25.6 Å². The molecule has 9 nitrogen and oxygen atoms in total. The number of pyridine rings is 1. The fraction of sp³-hybridized carbons (Fsp3) is 0.207. The number of phenolic OH excluding ortho intramolecular Hbond substituents is 1. The SMILES string of the molecule is COCC(Cc1ccc(O)cc1)NC=O.Cc1cc(-c2nn[nH]n2)c2cc(-c3cccc(C(F)(F)F)c3)ccc2n1. The Morgan fingerprint density at radius 2 is 1.80 bits per heavy atom. The maximum atomic E-state index is 13.0. The number of ether oxygens (including phenoxy) is 1. The number of alkyl halides is 3. The number of aromatic amines is 1. The van der Waals surface area contributed by atoms with Gasteiger partial charge in [0.1, 0.15) is 5.75 Å². The second-order valence-corrected chi connectivity index (χ2v) is 9.16. The highest BCUT2D eigenvalue weighted by molar-refractivity contribution is 5.95. The number of hydrogen-bond donors (Lipinski definition) is 3. The number of aryl methyl sites for hydroxylation is 1. The first-order chi connectivity index (χ1) is 19.7. The second-order valence-electron chi connectivity index (χ2n) is 9.16. The summed E-state index contributed by atoms with van der Waals surface area (Å²) in [5.41, 5.74) is 3.69. The number of hydrogen-bond acceptors (Lipinski definition) is 7. The Kier molecular flexibility index (Phi) is 9.25. The predicted molar refractivity (Wildman–Crippen MR) is 147 cm³/mol. The molecule has 12 heteroatoms. The summed E-state index contributed by atoms with van der Waals surface area (Å²) in [5.74, 6) is 0.645. The fourth-order valence-corrected chi connectivity index (χ4v) is 4.25. The van der Waals surface area contributed by atoms with Gasteiger partial charge in [-0.2, -0.15) is 18.4 Å². The Balaban J connectivity index is 0.000000221. The molecule has 5 aromatic rings. The molecule has 1 atom stereocenters. The molecule has 41 heavy (non-hydrogen) atoms. The number of aromatic nitrogens is 5.